The minimum Gasteiger partial charge on any atom is -0.348 e. The summed E-state index contributed by atoms with van der Waals surface area (Å²) in [5.74, 6) is -0.362. The van der Waals surface area contributed by atoms with Gasteiger partial charge in [-0.25, -0.2) is 8.42 Å². The number of carbonyl (C=O) groups excluding carboxylic acids is 1. The van der Waals surface area contributed by atoms with Crippen molar-refractivity contribution in [1.29, 1.82) is 0 Å². The van der Waals surface area contributed by atoms with Crippen LogP contribution in [0.15, 0.2) is 65.6 Å². The maximum atomic E-state index is 13.5. The van der Waals surface area contributed by atoms with Crippen molar-refractivity contribution in [3.05, 3.63) is 94.0 Å². The van der Waals surface area contributed by atoms with E-state index in [4.69, 9.17) is 0 Å². The number of anilines is 1. The van der Waals surface area contributed by atoms with Crippen LogP contribution in [0.2, 0.25) is 0 Å². The third-order valence-corrected chi connectivity index (χ3v) is 7.63. The Morgan fingerprint density at radius 1 is 0.848 bits per heavy atom. The SMILES string of the molecule is Cc1cc(C)cc(N(CC(=O)NC(C)c2cc(C)c(C)cc2C)S(=O)(=O)c2ccccc2)c1. The van der Waals surface area contributed by atoms with Crippen LogP contribution in [0.5, 0.6) is 0 Å². The number of sulfonamides is 1. The molecule has 1 unspecified atom stereocenters. The van der Waals surface area contributed by atoms with Gasteiger partial charge < -0.3 is 5.32 Å². The number of carbonyl (C=O) groups is 1. The normalized spacial score (nSPS) is 12.3. The van der Waals surface area contributed by atoms with Crippen LogP contribution in [0.25, 0.3) is 0 Å². The molecule has 0 saturated heterocycles. The monoisotopic (exact) mass is 464 g/mol. The largest absolute Gasteiger partial charge is 0.348 e. The second kappa shape index (κ2) is 9.79. The zero-order chi connectivity index (χ0) is 24.3. The summed E-state index contributed by atoms with van der Waals surface area (Å²) < 4.78 is 28.2. The Kier molecular flexibility index (Phi) is 7.28. The van der Waals surface area contributed by atoms with Gasteiger partial charge >= 0.3 is 0 Å². The molecule has 0 aliphatic heterocycles. The Morgan fingerprint density at radius 3 is 2.03 bits per heavy atom. The molecule has 0 fully saturated rings. The second-order valence-electron chi connectivity index (χ2n) is 8.75. The number of nitrogens with zero attached hydrogens (tertiary/aromatic N) is 1. The standard InChI is InChI=1S/C27H32N2O3S/c1-18-12-19(2)14-24(13-18)29(33(31,32)25-10-8-7-9-11-25)17-27(30)28-23(6)26-16-21(4)20(3)15-22(26)5/h7-16,23H,17H2,1-6H3,(H,28,30). The Morgan fingerprint density at radius 2 is 1.42 bits per heavy atom. The van der Waals surface area contributed by atoms with Gasteiger partial charge in [-0.1, -0.05) is 36.4 Å². The highest BCUT2D eigenvalue weighted by atomic mass is 32.2. The fourth-order valence-corrected chi connectivity index (χ4v) is 5.50. The molecule has 3 rings (SSSR count). The zero-order valence-corrected chi connectivity index (χ0v) is 21.0. The summed E-state index contributed by atoms with van der Waals surface area (Å²) in [6.45, 7) is 11.6. The number of benzene rings is 3. The van der Waals surface area contributed by atoms with Crippen LogP contribution < -0.4 is 9.62 Å². The molecule has 33 heavy (non-hydrogen) atoms. The predicted octanol–water partition coefficient (Wildman–Crippen LogP) is 5.30. The van der Waals surface area contributed by atoms with Crippen molar-refractivity contribution in [2.75, 3.05) is 10.8 Å². The van der Waals surface area contributed by atoms with E-state index in [0.29, 0.717) is 5.69 Å². The van der Waals surface area contributed by atoms with Crippen LogP contribution in [0.4, 0.5) is 5.69 Å². The fraction of sp³-hybridized carbons (Fsp3) is 0.296. The highest BCUT2D eigenvalue weighted by Crippen LogP contribution is 2.26. The lowest BCUT2D eigenvalue weighted by Gasteiger charge is -2.26. The average Bonchev–Trinajstić information content (AvgIpc) is 2.74. The van der Waals surface area contributed by atoms with E-state index in [0.717, 1.165) is 27.8 Å². The first-order chi connectivity index (χ1) is 15.5. The smallest absolute Gasteiger partial charge is 0.264 e. The van der Waals surface area contributed by atoms with Crippen molar-refractivity contribution in [2.24, 2.45) is 0 Å². The van der Waals surface area contributed by atoms with Gasteiger partial charge in [0.1, 0.15) is 6.54 Å². The lowest BCUT2D eigenvalue weighted by Crippen LogP contribution is -2.41. The number of rotatable bonds is 7. The molecule has 1 amide bonds. The van der Waals surface area contributed by atoms with Crippen LogP contribution in [-0.2, 0) is 14.8 Å². The van der Waals surface area contributed by atoms with Crippen LogP contribution in [0, 0.1) is 34.6 Å². The maximum absolute atomic E-state index is 13.5. The molecule has 6 heteroatoms. The van der Waals surface area contributed by atoms with E-state index in [1.807, 2.05) is 40.7 Å². The number of hydrogen-bond acceptors (Lipinski definition) is 3. The lowest BCUT2D eigenvalue weighted by molar-refractivity contribution is -0.120. The average molecular weight is 465 g/mol. The van der Waals surface area contributed by atoms with Gasteiger partial charge in [-0.15, -0.1) is 0 Å². The van der Waals surface area contributed by atoms with Crippen LogP contribution in [-0.4, -0.2) is 20.9 Å². The summed E-state index contributed by atoms with van der Waals surface area (Å²) in [7, 11) is -3.93. The molecule has 174 valence electrons. The van der Waals surface area contributed by atoms with Crippen LogP contribution in [0.3, 0.4) is 0 Å². The first-order valence-corrected chi connectivity index (χ1v) is 12.5. The van der Waals surface area contributed by atoms with E-state index < -0.39 is 10.0 Å². The third kappa shape index (κ3) is 5.63. The van der Waals surface area contributed by atoms with E-state index >= 15 is 0 Å². The molecule has 0 heterocycles. The van der Waals surface area contributed by atoms with Gasteiger partial charge in [0.2, 0.25) is 5.91 Å². The van der Waals surface area contributed by atoms with E-state index in [-0.39, 0.29) is 23.4 Å². The van der Waals surface area contributed by atoms with Crippen LogP contribution in [0.1, 0.15) is 46.3 Å². The van der Waals surface area contributed by atoms with E-state index in [1.54, 1.807) is 42.5 Å². The molecule has 0 aliphatic carbocycles. The molecular formula is C27H32N2O3S. The van der Waals surface area contributed by atoms with Crippen molar-refractivity contribution in [2.45, 2.75) is 52.5 Å². The Labute approximate surface area is 197 Å². The summed E-state index contributed by atoms with van der Waals surface area (Å²) in [6.07, 6.45) is 0. The zero-order valence-electron chi connectivity index (χ0n) is 20.1. The Bertz CT molecular complexity index is 1250. The van der Waals surface area contributed by atoms with E-state index in [2.05, 4.69) is 24.4 Å². The van der Waals surface area contributed by atoms with Gasteiger partial charge in [0.25, 0.3) is 10.0 Å². The molecule has 0 aromatic heterocycles. The summed E-state index contributed by atoms with van der Waals surface area (Å²) in [6, 6.07) is 17.7. The van der Waals surface area contributed by atoms with Gasteiger partial charge in [0, 0.05) is 0 Å². The molecule has 3 aromatic rings. The topological polar surface area (TPSA) is 66.5 Å². The Hall–Kier alpha value is -3.12. The van der Waals surface area contributed by atoms with Crippen molar-refractivity contribution in [1.82, 2.24) is 5.32 Å². The van der Waals surface area contributed by atoms with Gasteiger partial charge in [-0.3, -0.25) is 9.10 Å². The maximum Gasteiger partial charge on any atom is 0.264 e. The van der Waals surface area contributed by atoms with Gasteiger partial charge in [-0.05, 0) is 99.2 Å². The Balaban J connectivity index is 1.93. The molecule has 0 saturated carbocycles. The third-order valence-electron chi connectivity index (χ3n) is 5.84. The molecule has 0 aliphatic rings. The number of hydrogen-bond donors (Lipinski definition) is 1. The summed E-state index contributed by atoms with van der Waals surface area (Å²) in [5, 5.41) is 2.99. The van der Waals surface area contributed by atoms with Gasteiger partial charge in [0.15, 0.2) is 0 Å². The van der Waals surface area contributed by atoms with Gasteiger partial charge in [0.05, 0.1) is 16.6 Å². The molecular weight excluding hydrogens is 432 g/mol. The summed E-state index contributed by atoms with van der Waals surface area (Å²) in [5.41, 5.74) is 6.80. The number of aryl methyl sites for hydroxylation is 5. The first kappa shape index (κ1) is 24.5. The number of nitrogens with one attached hydrogen (secondary N) is 1. The van der Waals surface area contributed by atoms with E-state index in [9.17, 15) is 13.2 Å². The minimum absolute atomic E-state index is 0.148. The van der Waals surface area contributed by atoms with Gasteiger partial charge in [-0.2, -0.15) is 0 Å². The molecule has 5 nitrogen and oxygen atoms in total. The summed E-state index contributed by atoms with van der Waals surface area (Å²) >= 11 is 0. The lowest BCUT2D eigenvalue weighted by atomic mass is 9.96. The van der Waals surface area contributed by atoms with Crippen molar-refractivity contribution < 1.29 is 13.2 Å². The molecule has 0 spiro atoms. The molecule has 3 aromatic carbocycles. The minimum atomic E-state index is -3.93. The van der Waals surface area contributed by atoms with Crippen molar-refractivity contribution in [3.8, 4) is 0 Å². The molecule has 1 N–H and O–H groups in total. The van der Waals surface area contributed by atoms with Crippen molar-refractivity contribution in [3.63, 3.8) is 0 Å². The fourth-order valence-electron chi connectivity index (χ4n) is 4.07. The van der Waals surface area contributed by atoms with E-state index in [1.165, 1.54) is 9.87 Å². The molecule has 0 radical (unpaired) electrons. The quantitative estimate of drug-likeness (QED) is 0.516. The summed E-state index contributed by atoms with van der Waals surface area (Å²) in [4.78, 5) is 13.3. The highest BCUT2D eigenvalue weighted by molar-refractivity contribution is 7.92. The number of amides is 1. The highest BCUT2D eigenvalue weighted by Gasteiger charge is 2.28. The second-order valence-corrected chi connectivity index (χ2v) is 10.6. The molecule has 0 bridgehead atoms. The predicted molar refractivity (Wildman–Crippen MR) is 134 cm³/mol. The molecule has 1 atom stereocenters. The van der Waals surface area contributed by atoms with Crippen LogP contribution >= 0.6 is 0 Å². The van der Waals surface area contributed by atoms with Crippen molar-refractivity contribution >= 4 is 21.6 Å². The first-order valence-electron chi connectivity index (χ1n) is 11.0.